The first-order valence-electron chi connectivity index (χ1n) is 7.25. The van der Waals surface area contributed by atoms with E-state index in [9.17, 15) is 4.79 Å². The van der Waals surface area contributed by atoms with E-state index < -0.39 is 0 Å². The van der Waals surface area contributed by atoms with E-state index in [0.29, 0.717) is 11.8 Å². The van der Waals surface area contributed by atoms with Gasteiger partial charge >= 0.3 is 0 Å². The maximum atomic E-state index is 12.6. The molecule has 1 saturated carbocycles. The highest BCUT2D eigenvalue weighted by Gasteiger charge is 2.40. The fourth-order valence-corrected chi connectivity index (χ4v) is 3.34. The predicted octanol–water partition coefficient (Wildman–Crippen LogP) is 2.74. The minimum absolute atomic E-state index is 0. The van der Waals surface area contributed by atoms with Gasteiger partial charge in [-0.25, -0.2) is 0 Å². The molecule has 2 N–H and O–H groups in total. The van der Waals surface area contributed by atoms with Crippen LogP contribution in [0.2, 0.25) is 0 Å². The molecule has 4 heteroatoms. The van der Waals surface area contributed by atoms with Crippen molar-refractivity contribution in [2.45, 2.75) is 51.0 Å². The number of carbonyl (C=O) groups is 1. The Morgan fingerprint density at radius 2 is 1.95 bits per heavy atom. The van der Waals surface area contributed by atoms with Crippen molar-refractivity contribution in [3.8, 4) is 0 Å². The monoisotopic (exact) mass is 286 g/mol. The summed E-state index contributed by atoms with van der Waals surface area (Å²) in [5.74, 6) is 0.915. The quantitative estimate of drug-likeness (QED) is 0.794. The third-order valence-electron chi connectivity index (χ3n) is 4.74. The van der Waals surface area contributed by atoms with Gasteiger partial charge in [-0.3, -0.25) is 4.79 Å². The molecule has 0 bridgehead atoms. The molecular formula is C15H27ClN2O. The van der Waals surface area contributed by atoms with Crippen molar-refractivity contribution in [3.63, 3.8) is 0 Å². The van der Waals surface area contributed by atoms with E-state index in [0.717, 1.165) is 51.6 Å². The number of amides is 1. The van der Waals surface area contributed by atoms with Crippen LogP contribution in [0.4, 0.5) is 0 Å². The van der Waals surface area contributed by atoms with Crippen molar-refractivity contribution in [1.82, 2.24) is 4.90 Å². The average Bonchev–Trinajstić information content (AvgIpc) is 2.37. The van der Waals surface area contributed by atoms with Gasteiger partial charge in [-0.05, 0) is 38.5 Å². The van der Waals surface area contributed by atoms with Crippen LogP contribution in [-0.4, -0.2) is 29.4 Å². The van der Waals surface area contributed by atoms with Crippen molar-refractivity contribution in [3.05, 3.63) is 12.7 Å². The molecule has 2 unspecified atom stereocenters. The smallest absolute Gasteiger partial charge is 0.227 e. The number of hydrogen-bond donors (Lipinski definition) is 1. The lowest BCUT2D eigenvalue weighted by Gasteiger charge is -2.41. The van der Waals surface area contributed by atoms with Crippen molar-refractivity contribution in [1.29, 1.82) is 0 Å². The number of likely N-dealkylation sites (tertiary alicyclic amines) is 1. The first kappa shape index (κ1) is 16.5. The number of halogens is 1. The number of rotatable bonds is 2. The molecule has 1 aliphatic heterocycles. The Labute approximate surface area is 123 Å². The molecule has 2 atom stereocenters. The molecule has 0 aromatic rings. The van der Waals surface area contributed by atoms with E-state index in [1.165, 1.54) is 0 Å². The zero-order chi connectivity index (χ0) is 13.2. The van der Waals surface area contributed by atoms with Crippen LogP contribution in [0.5, 0.6) is 0 Å². The summed E-state index contributed by atoms with van der Waals surface area (Å²) in [6, 6.07) is 0. The Balaban J connectivity index is 0.00000180. The summed E-state index contributed by atoms with van der Waals surface area (Å²) in [5.41, 5.74) is 6.02. The number of piperidine rings is 1. The maximum absolute atomic E-state index is 12.6. The molecule has 3 nitrogen and oxygen atoms in total. The second-order valence-electron chi connectivity index (χ2n) is 6.20. The highest BCUT2D eigenvalue weighted by molar-refractivity contribution is 5.85. The second kappa shape index (κ2) is 6.76. The van der Waals surface area contributed by atoms with Gasteiger partial charge in [0.25, 0.3) is 0 Å². The number of allylic oxidation sites excluding steroid dienone is 1. The van der Waals surface area contributed by atoms with Crippen molar-refractivity contribution < 1.29 is 4.79 Å². The van der Waals surface area contributed by atoms with Gasteiger partial charge in [-0.15, -0.1) is 19.0 Å². The van der Waals surface area contributed by atoms with E-state index in [4.69, 9.17) is 5.73 Å². The van der Waals surface area contributed by atoms with Crippen LogP contribution in [-0.2, 0) is 4.79 Å². The first-order valence-corrected chi connectivity index (χ1v) is 7.25. The lowest BCUT2D eigenvalue weighted by atomic mass is 9.73. The lowest BCUT2D eigenvalue weighted by molar-refractivity contribution is -0.140. The zero-order valence-electron chi connectivity index (χ0n) is 11.9. The van der Waals surface area contributed by atoms with Gasteiger partial charge in [0.1, 0.15) is 0 Å². The van der Waals surface area contributed by atoms with Crippen LogP contribution < -0.4 is 5.73 Å². The standard InChI is InChI=1S/C15H26N2O.ClH/c1-3-12-7-10-17(11-8-12)14(18)13-6-4-5-9-15(13,2)16;/h3,12-13H,1,4-11,16H2,2H3;1H. The molecular weight excluding hydrogens is 260 g/mol. The fraction of sp³-hybridized carbons (Fsp3) is 0.800. The molecule has 2 rings (SSSR count). The normalized spacial score (nSPS) is 32.5. The van der Waals surface area contributed by atoms with Crippen molar-refractivity contribution in [2.75, 3.05) is 13.1 Å². The van der Waals surface area contributed by atoms with Crippen molar-refractivity contribution >= 4 is 18.3 Å². The Kier molecular flexibility index (Phi) is 5.87. The summed E-state index contributed by atoms with van der Waals surface area (Å²) in [7, 11) is 0. The zero-order valence-corrected chi connectivity index (χ0v) is 12.8. The van der Waals surface area contributed by atoms with Crippen molar-refractivity contribution in [2.24, 2.45) is 17.6 Å². The van der Waals surface area contributed by atoms with Crippen LogP contribution in [0.1, 0.15) is 45.4 Å². The summed E-state index contributed by atoms with van der Waals surface area (Å²) in [5, 5.41) is 0. The van der Waals surface area contributed by atoms with Gasteiger partial charge in [-0.2, -0.15) is 0 Å². The van der Waals surface area contributed by atoms with E-state index in [1.807, 2.05) is 17.9 Å². The summed E-state index contributed by atoms with van der Waals surface area (Å²) in [6.45, 7) is 7.64. The second-order valence-corrected chi connectivity index (χ2v) is 6.20. The molecule has 110 valence electrons. The summed E-state index contributed by atoms with van der Waals surface area (Å²) in [4.78, 5) is 14.6. The van der Waals surface area contributed by atoms with Gasteiger partial charge < -0.3 is 10.6 Å². The highest BCUT2D eigenvalue weighted by atomic mass is 35.5. The first-order chi connectivity index (χ1) is 8.54. The minimum atomic E-state index is -0.301. The molecule has 0 radical (unpaired) electrons. The minimum Gasteiger partial charge on any atom is -0.342 e. The Morgan fingerprint density at radius 1 is 1.32 bits per heavy atom. The summed E-state index contributed by atoms with van der Waals surface area (Å²) < 4.78 is 0. The molecule has 0 aromatic carbocycles. The lowest BCUT2D eigenvalue weighted by Crippen LogP contribution is -2.54. The predicted molar refractivity (Wildman–Crippen MR) is 81.3 cm³/mol. The summed E-state index contributed by atoms with van der Waals surface area (Å²) in [6.07, 6.45) is 8.39. The largest absolute Gasteiger partial charge is 0.342 e. The molecule has 2 fully saturated rings. The molecule has 1 saturated heterocycles. The third kappa shape index (κ3) is 3.73. The fourth-order valence-electron chi connectivity index (χ4n) is 3.34. The highest BCUT2D eigenvalue weighted by Crippen LogP contribution is 2.33. The number of carbonyl (C=O) groups excluding carboxylic acids is 1. The van der Waals surface area contributed by atoms with E-state index in [-0.39, 0.29) is 23.9 Å². The van der Waals surface area contributed by atoms with Gasteiger partial charge in [0.05, 0.1) is 5.92 Å². The van der Waals surface area contributed by atoms with Gasteiger partial charge in [0, 0.05) is 18.6 Å². The Hall–Kier alpha value is -0.540. The molecule has 0 spiro atoms. The van der Waals surface area contributed by atoms with Crippen LogP contribution in [0.15, 0.2) is 12.7 Å². The van der Waals surface area contributed by atoms with Crippen LogP contribution in [0.3, 0.4) is 0 Å². The third-order valence-corrected chi connectivity index (χ3v) is 4.74. The molecule has 0 aromatic heterocycles. The van der Waals surface area contributed by atoms with Crippen LogP contribution >= 0.6 is 12.4 Å². The van der Waals surface area contributed by atoms with Gasteiger partial charge in [0.15, 0.2) is 0 Å². The van der Waals surface area contributed by atoms with Crippen LogP contribution in [0.25, 0.3) is 0 Å². The SMILES string of the molecule is C=CC1CCN(C(=O)C2CCCCC2(C)N)CC1.Cl. The van der Waals surface area contributed by atoms with Gasteiger partial charge in [-0.1, -0.05) is 18.9 Å². The van der Waals surface area contributed by atoms with Crippen LogP contribution in [0, 0.1) is 11.8 Å². The Bertz CT molecular complexity index is 322. The average molecular weight is 287 g/mol. The summed E-state index contributed by atoms with van der Waals surface area (Å²) >= 11 is 0. The van der Waals surface area contributed by atoms with E-state index in [1.54, 1.807) is 0 Å². The molecule has 1 amide bonds. The topological polar surface area (TPSA) is 46.3 Å². The molecule has 19 heavy (non-hydrogen) atoms. The number of hydrogen-bond acceptors (Lipinski definition) is 2. The molecule has 1 heterocycles. The molecule has 1 aliphatic carbocycles. The molecule has 2 aliphatic rings. The number of nitrogens with two attached hydrogens (primary N) is 1. The van der Waals surface area contributed by atoms with Gasteiger partial charge in [0.2, 0.25) is 5.91 Å². The van der Waals surface area contributed by atoms with E-state index in [2.05, 4.69) is 6.58 Å². The van der Waals surface area contributed by atoms with E-state index >= 15 is 0 Å². The maximum Gasteiger partial charge on any atom is 0.227 e. The number of nitrogens with zero attached hydrogens (tertiary/aromatic N) is 1. The Morgan fingerprint density at radius 3 is 2.47 bits per heavy atom.